The number of methoxy groups -OCH3 is 2. The van der Waals surface area contributed by atoms with Gasteiger partial charge in [-0.2, -0.15) is 0 Å². The summed E-state index contributed by atoms with van der Waals surface area (Å²) in [6.45, 7) is 3.83. The third kappa shape index (κ3) is 5.13. The van der Waals surface area contributed by atoms with Gasteiger partial charge in [0.05, 0.1) is 20.3 Å². The average Bonchev–Trinajstić information content (AvgIpc) is 2.62. The Balaban J connectivity index is 1.94. The predicted octanol–water partition coefficient (Wildman–Crippen LogP) is 4.03. The first-order valence-electron chi connectivity index (χ1n) is 7.84. The zero-order valence-electron chi connectivity index (χ0n) is 14.8. The summed E-state index contributed by atoms with van der Waals surface area (Å²) in [5.74, 6) is 1.75. The number of ether oxygens (including phenoxy) is 3. The van der Waals surface area contributed by atoms with Gasteiger partial charge in [0.15, 0.2) is 18.1 Å². The van der Waals surface area contributed by atoms with Crippen LogP contribution in [0, 0.1) is 6.92 Å². The van der Waals surface area contributed by atoms with E-state index in [1.807, 2.05) is 50.2 Å². The molecule has 1 N–H and O–H groups in total. The Morgan fingerprint density at radius 3 is 2.48 bits per heavy atom. The first-order chi connectivity index (χ1) is 11.9. The van der Waals surface area contributed by atoms with Crippen LogP contribution in [0.5, 0.6) is 17.2 Å². The largest absolute Gasteiger partial charge is 0.493 e. The fraction of sp³-hybridized carbons (Fsp3) is 0.316. The molecule has 0 bridgehead atoms. The third-order valence-corrected chi connectivity index (χ3v) is 4.67. The molecule has 1 atom stereocenters. The molecule has 25 heavy (non-hydrogen) atoms. The van der Waals surface area contributed by atoms with Gasteiger partial charge in [-0.3, -0.25) is 4.79 Å². The van der Waals surface area contributed by atoms with E-state index in [9.17, 15) is 4.79 Å². The van der Waals surface area contributed by atoms with E-state index in [1.54, 1.807) is 14.2 Å². The van der Waals surface area contributed by atoms with Crippen LogP contribution < -0.4 is 19.5 Å². The Labute approximate surface area is 156 Å². The van der Waals surface area contributed by atoms with Crippen LogP contribution in [0.2, 0.25) is 0 Å². The monoisotopic (exact) mass is 407 g/mol. The maximum absolute atomic E-state index is 12.1. The molecule has 0 radical (unpaired) electrons. The second-order valence-corrected chi connectivity index (χ2v) is 6.46. The topological polar surface area (TPSA) is 56.8 Å². The van der Waals surface area contributed by atoms with E-state index in [-0.39, 0.29) is 18.6 Å². The maximum atomic E-state index is 12.1. The Morgan fingerprint density at radius 1 is 1.12 bits per heavy atom. The maximum Gasteiger partial charge on any atom is 0.258 e. The molecule has 0 saturated heterocycles. The van der Waals surface area contributed by atoms with Gasteiger partial charge in [-0.15, -0.1) is 0 Å². The molecule has 0 aliphatic heterocycles. The molecule has 1 amide bonds. The minimum Gasteiger partial charge on any atom is -0.493 e. The van der Waals surface area contributed by atoms with E-state index in [1.165, 1.54) is 0 Å². The Bertz CT molecular complexity index is 748. The molecule has 0 aliphatic carbocycles. The van der Waals surface area contributed by atoms with Gasteiger partial charge in [-0.25, -0.2) is 0 Å². The average molecular weight is 408 g/mol. The van der Waals surface area contributed by atoms with Crippen molar-refractivity contribution in [2.45, 2.75) is 19.9 Å². The molecule has 134 valence electrons. The molecule has 2 aromatic rings. The van der Waals surface area contributed by atoms with E-state index in [4.69, 9.17) is 14.2 Å². The Kier molecular flexibility index (Phi) is 6.70. The van der Waals surface area contributed by atoms with Crippen LogP contribution in [0.3, 0.4) is 0 Å². The summed E-state index contributed by atoms with van der Waals surface area (Å²) in [4.78, 5) is 12.1. The molecule has 0 unspecified atom stereocenters. The molecule has 0 saturated carbocycles. The number of carbonyl (C=O) groups excluding carboxylic acids is 1. The van der Waals surface area contributed by atoms with Crippen molar-refractivity contribution in [1.29, 1.82) is 0 Å². The van der Waals surface area contributed by atoms with Gasteiger partial charge in [0.1, 0.15) is 5.75 Å². The van der Waals surface area contributed by atoms with Gasteiger partial charge >= 0.3 is 0 Å². The molecule has 2 aromatic carbocycles. The number of amides is 1. The standard InChI is InChI=1S/C19H22BrNO4/c1-12-9-15(6-7-16(12)20)25-11-19(22)21-13(2)14-5-8-17(23-3)18(10-14)24-4/h5-10,13H,11H2,1-4H3,(H,21,22)/t13-/m1/s1. The van der Waals surface area contributed by atoms with Crippen LogP contribution >= 0.6 is 15.9 Å². The quantitative estimate of drug-likeness (QED) is 0.752. The minimum atomic E-state index is -0.192. The van der Waals surface area contributed by atoms with E-state index < -0.39 is 0 Å². The van der Waals surface area contributed by atoms with Crippen LogP contribution in [0.25, 0.3) is 0 Å². The van der Waals surface area contributed by atoms with E-state index in [2.05, 4.69) is 21.2 Å². The van der Waals surface area contributed by atoms with Crippen LogP contribution in [-0.2, 0) is 4.79 Å². The van der Waals surface area contributed by atoms with Gasteiger partial charge in [0.2, 0.25) is 0 Å². The number of hydrogen-bond acceptors (Lipinski definition) is 4. The summed E-state index contributed by atoms with van der Waals surface area (Å²) in [7, 11) is 3.17. The number of nitrogens with one attached hydrogen (secondary N) is 1. The van der Waals surface area contributed by atoms with Crippen molar-refractivity contribution in [1.82, 2.24) is 5.32 Å². The molecule has 2 rings (SSSR count). The smallest absolute Gasteiger partial charge is 0.258 e. The lowest BCUT2D eigenvalue weighted by atomic mass is 10.1. The van der Waals surface area contributed by atoms with Crippen molar-refractivity contribution in [3.63, 3.8) is 0 Å². The Hall–Kier alpha value is -2.21. The predicted molar refractivity (Wildman–Crippen MR) is 100 cm³/mol. The lowest BCUT2D eigenvalue weighted by molar-refractivity contribution is -0.123. The highest BCUT2D eigenvalue weighted by Gasteiger charge is 2.13. The number of rotatable bonds is 7. The molecule has 0 spiro atoms. The fourth-order valence-corrected chi connectivity index (χ4v) is 2.59. The first kappa shape index (κ1) is 19.1. The zero-order valence-corrected chi connectivity index (χ0v) is 16.3. The lowest BCUT2D eigenvalue weighted by Gasteiger charge is -2.17. The van der Waals surface area contributed by atoms with Crippen molar-refractivity contribution in [2.24, 2.45) is 0 Å². The number of carbonyl (C=O) groups is 1. The van der Waals surface area contributed by atoms with Crippen LogP contribution in [0.1, 0.15) is 24.1 Å². The van der Waals surface area contributed by atoms with E-state index in [0.717, 1.165) is 15.6 Å². The van der Waals surface area contributed by atoms with Crippen LogP contribution in [-0.4, -0.2) is 26.7 Å². The molecular weight excluding hydrogens is 386 g/mol. The SMILES string of the molecule is COc1ccc([C@@H](C)NC(=O)COc2ccc(Br)c(C)c2)cc1OC. The molecule has 0 heterocycles. The van der Waals surface area contributed by atoms with Gasteiger partial charge in [-0.05, 0) is 55.3 Å². The van der Waals surface area contributed by atoms with Crippen molar-refractivity contribution in [3.05, 3.63) is 52.0 Å². The highest BCUT2D eigenvalue weighted by atomic mass is 79.9. The first-order valence-corrected chi connectivity index (χ1v) is 8.64. The van der Waals surface area contributed by atoms with Crippen molar-refractivity contribution < 1.29 is 19.0 Å². The second-order valence-electron chi connectivity index (χ2n) is 5.60. The number of aryl methyl sites for hydroxylation is 1. The number of halogens is 1. The summed E-state index contributed by atoms with van der Waals surface area (Å²) in [6, 6.07) is 11.0. The molecule has 6 heteroatoms. The molecule has 5 nitrogen and oxygen atoms in total. The number of benzene rings is 2. The van der Waals surface area contributed by atoms with Gasteiger partial charge in [-0.1, -0.05) is 22.0 Å². The summed E-state index contributed by atoms with van der Waals surface area (Å²) < 4.78 is 17.1. The zero-order chi connectivity index (χ0) is 18.4. The van der Waals surface area contributed by atoms with E-state index in [0.29, 0.717) is 17.2 Å². The van der Waals surface area contributed by atoms with Gasteiger partial charge in [0.25, 0.3) is 5.91 Å². The van der Waals surface area contributed by atoms with Crippen LogP contribution in [0.4, 0.5) is 0 Å². The molecule has 0 aromatic heterocycles. The highest BCUT2D eigenvalue weighted by Crippen LogP contribution is 2.29. The molecule has 0 fully saturated rings. The van der Waals surface area contributed by atoms with Crippen LogP contribution in [0.15, 0.2) is 40.9 Å². The summed E-state index contributed by atoms with van der Waals surface area (Å²) in [6.07, 6.45) is 0. The number of hydrogen-bond donors (Lipinski definition) is 1. The van der Waals surface area contributed by atoms with Crippen molar-refractivity contribution in [3.8, 4) is 17.2 Å². The fourth-order valence-electron chi connectivity index (χ4n) is 2.34. The minimum absolute atomic E-state index is 0.0430. The second kappa shape index (κ2) is 8.76. The summed E-state index contributed by atoms with van der Waals surface area (Å²) in [5, 5.41) is 2.91. The lowest BCUT2D eigenvalue weighted by Crippen LogP contribution is -2.31. The summed E-state index contributed by atoms with van der Waals surface area (Å²) in [5.41, 5.74) is 1.97. The molecular formula is C19H22BrNO4. The highest BCUT2D eigenvalue weighted by molar-refractivity contribution is 9.10. The van der Waals surface area contributed by atoms with Crippen molar-refractivity contribution >= 4 is 21.8 Å². The normalized spacial score (nSPS) is 11.6. The molecule has 0 aliphatic rings. The third-order valence-electron chi connectivity index (χ3n) is 3.78. The van der Waals surface area contributed by atoms with Crippen molar-refractivity contribution in [2.75, 3.05) is 20.8 Å². The Morgan fingerprint density at radius 2 is 1.84 bits per heavy atom. The van der Waals surface area contributed by atoms with E-state index >= 15 is 0 Å². The van der Waals surface area contributed by atoms with Gasteiger partial charge < -0.3 is 19.5 Å². The summed E-state index contributed by atoms with van der Waals surface area (Å²) >= 11 is 3.44. The van der Waals surface area contributed by atoms with Gasteiger partial charge in [0, 0.05) is 4.47 Å².